The van der Waals surface area contributed by atoms with Gasteiger partial charge in [0, 0.05) is 51.6 Å². The number of thiazole rings is 1. The van der Waals surface area contributed by atoms with Crippen LogP contribution in [0.5, 0.6) is 0 Å². The van der Waals surface area contributed by atoms with Crippen LogP contribution in [0.2, 0.25) is 0 Å². The minimum Gasteiger partial charge on any atom is -0.357 e. The van der Waals surface area contributed by atoms with Crippen LogP contribution >= 0.6 is 27.3 Å². The molecule has 0 fully saturated rings. The molecule has 1 aliphatic heterocycles. The van der Waals surface area contributed by atoms with Gasteiger partial charge in [0.05, 0.1) is 17.6 Å². The minimum absolute atomic E-state index is 0.139. The molecule has 0 unspecified atom stereocenters. The van der Waals surface area contributed by atoms with Gasteiger partial charge in [-0.15, -0.1) is 11.3 Å². The van der Waals surface area contributed by atoms with E-state index in [2.05, 4.69) is 32.0 Å². The molecule has 5 rings (SSSR count). The number of carbonyl (C=O) groups is 1. The van der Waals surface area contributed by atoms with Gasteiger partial charge in [0.1, 0.15) is 5.01 Å². The van der Waals surface area contributed by atoms with Crippen molar-refractivity contribution in [1.82, 2.24) is 14.9 Å². The van der Waals surface area contributed by atoms with Crippen LogP contribution in [0.1, 0.15) is 17.0 Å². The Labute approximate surface area is 175 Å². The number of nitrogens with one attached hydrogen (secondary N) is 1. The van der Waals surface area contributed by atoms with Gasteiger partial charge in [-0.3, -0.25) is 4.79 Å². The average molecular weight is 452 g/mol. The molecule has 0 aliphatic carbocycles. The lowest BCUT2D eigenvalue weighted by Crippen LogP contribution is -2.36. The van der Waals surface area contributed by atoms with Crippen molar-refractivity contribution in [2.24, 2.45) is 0 Å². The van der Waals surface area contributed by atoms with Crippen LogP contribution in [0, 0.1) is 0 Å². The van der Waals surface area contributed by atoms with Crippen molar-refractivity contribution in [2.75, 3.05) is 6.54 Å². The van der Waals surface area contributed by atoms with Gasteiger partial charge >= 0.3 is 0 Å². The molecule has 0 saturated heterocycles. The van der Waals surface area contributed by atoms with E-state index in [9.17, 15) is 4.79 Å². The van der Waals surface area contributed by atoms with Gasteiger partial charge in [0.15, 0.2) is 0 Å². The maximum atomic E-state index is 12.9. The van der Waals surface area contributed by atoms with Gasteiger partial charge < -0.3 is 9.88 Å². The molecule has 28 heavy (non-hydrogen) atoms. The Morgan fingerprint density at radius 1 is 1.18 bits per heavy atom. The first-order valence-electron chi connectivity index (χ1n) is 9.24. The number of para-hydroxylation sites is 1. The molecule has 0 bridgehead atoms. The zero-order valence-electron chi connectivity index (χ0n) is 15.1. The number of carbonyl (C=O) groups excluding carboxylic acids is 1. The lowest BCUT2D eigenvalue weighted by molar-refractivity contribution is -0.131. The molecule has 4 nitrogen and oxygen atoms in total. The molecule has 6 heteroatoms. The fourth-order valence-corrected chi connectivity index (χ4v) is 5.07. The zero-order valence-corrected chi connectivity index (χ0v) is 17.5. The molecule has 0 atom stereocenters. The maximum Gasteiger partial charge on any atom is 0.228 e. The summed E-state index contributed by atoms with van der Waals surface area (Å²) >= 11 is 5.21. The first-order chi connectivity index (χ1) is 13.7. The molecule has 1 N–H and O–H groups in total. The predicted octanol–water partition coefficient (Wildman–Crippen LogP) is 5.18. The fourth-order valence-electron chi connectivity index (χ4n) is 3.78. The lowest BCUT2D eigenvalue weighted by Gasteiger charge is -2.27. The number of rotatable bonds is 3. The highest BCUT2D eigenvalue weighted by atomic mass is 79.9. The Balaban J connectivity index is 1.34. The quantitative estimate of drug-likeness (QED) is 0.466. The number of hydrogen-bond donors (Lipinski definition) is 1. The summed E-state index contributed by atoms with van der Waals surface area (Å²) in [5, 5.41) is 4.16. The van der Waals surface area contributed by atoms with E-state index < -0.39 is 0 Å². The molecular weight excluding hydrogens is 434 g/mol. The normalized spacial score (nSPS) is 13.7. The van der Waals surface area contributed by atoms with E-state index in [1.807, 2.05) is 52.7 Å². The van der Waals surface area contributed by atoms with E-state index in [0.717, 1.165) is 39.2 Å². The summed E-state index contributed by atoms with van der Waals surface area (Å²) in [5.74, 6) is 0.139. The molecule has 0 radical (unpaired) electrons. The monoisotopic (exact) mass is 451 g/mol. The van der Waals surface area contributed by atoms with Crippen LogP contribution in [0.3, 0.4) is 0 Å². The summed E-state index contributed by atoms with van der Waals surface area (Å²) in [6.45, 7) is 1.40. The second kappa shape index (κ2) is 7.18. The van der Waals surface area contributed by atoms with Crippen molar-refractivity contribution in [3.63, 3.8) is 0 Å². The van der Waals surface area contributed by atoms with Crippen LogP contribution in [0.15, 0.2) is 58.4 Å². The molecule has 3 heterocycles. The number of halogens is 1. The van der Waals surface area contributed by atoms with Crippen LogP contribution in [0.25, 0.3) is 21.5 Å². The third-order valence-electron chi connectivity index (χ3n) is 5.22. The van der Waals surface area contributed by atoms with Gasteiger partial charge in [-0.05, 0) is 22.0 Å². The van der Waals surface area contributed by atoms with Crippen molar-refractivity contribution in [1.29, 1.82) is 0 Å². The van der Waals surface area contributed by atoms with Gasteiger partial charge in [0.2, 0.25) is 5.91 Å². The van der Waals surface area contributed by atoms with Crippen molar-refractivity contribution in [3.8, 4) is 10.6 Å². The third kappa shape index (κ3) is 3.16. The van der Waals surface area contributed by atoms with Crippen LogP contribution < -0.4 is 0 Å². The molecule has 140 valence electrons. The van der Waals surface area contributed by atoms with Crippen molar-refractivity contribution < 1.29 is 4.79 Å². The summed E-state index contributed by atoms with van der Waals surface area (Å²) in [4.78, 5) is 23.1. The lowest BCUT2D eigenvalue weighted by atomic mass is 10.0. The smallest absolute Gasteiger partial charge is 0.228 e. The number of fused-ring (bicyclic) bond motifs is 3. The standard InChI is InChI=1S/C22H18BrN3OS/c23-18-8-4-7-16-17-12-26(10-9-19(17)25-21(16)18)20(27)11-15-13-28-22(24-15)14-5-2-1-3-6-14/h1-8,13,25H,9-12H2. The summed E-state index contributed by atoms with van der Waals surface area (Å²) in [6, 6.07) is 16.3. The van der Waals surface area contributed by atoms with Crippen molar-refractivity contribution >= 4 is 44.1 Å². The number of nitrogens with zero attached hydrogens (tertiary/aromatic N) is 2. The number of benzene rings is 2. The van der Waals surface area contributed by atoms with Crippen LogP contribution in [0.4, 0.5) is 0 Å². The van der Waals surface area contributed by atoms with E-state index in [1.54, 1.807) is 11.3 Å². The fraction of sp³-hybridized carbons (Fsp3) is 0.182. The maximum absolute atomic E-state index is 12.9. The highest BCUT2D eigenvalue weighted by Crippen LogP contribution is 2.32. The summed E-state index contributed by atoms with van der Waals surface area (Å²) in [6.07, 6.45) is 1.21. The van der Waals surface area contributed by atoms with E-state index in [-0.39, 0.29) is 5.91 Å². The third-order valence-corrected chi connectivity index (χ3v) is 6.82. The molecule has 1 amide bonds. The van der Waals surface area contributed by atoms with Crippen molar-refractivity contribution in [3.05, 3.63) is 75.3 Å². The van der Waals surface area contributed by atoms with E-state index >= 15 is 0 Å². The van der Waals surface area contributed by atoms with E-state index in [0.29, 0.717) is 13.0 Å². The second-order valence-corrected chi connectivity index (χ2v) is 8.71. The van der Waals surface area contributed by atoms with Gasteiger partial charge in [-0.1, -0.05) is 42.5 Å². The molecular formula is C22H18BrN3OS. The predicted molar refractivity (Wildman–Crippen MR) is 116 cm³/mol. The second-order valence-electron chi connectivity index (χ2n) is 7.00. The van der Waals surface area contributed by atoms with Gasteiger partial charge in [-0.25, -0.2) is 4.98 Å². The Morgan fingerprint density at radius 2 is 2.04 bits per heavy atom. The van der Waals surface area contributed by atoms with E-state index in [4.69, 9.17) is 0 Å². The van der Waals surface area contributed by atoms with Gasteiger partial charge in [-0.2, -0.15) is 0 Å². The Bertz CT molecular complexity index is 1170. The first kappa shape index (κ1) is 17.6. The largest absolute Gasteiger partial charge is 0.357 e. The average Bonchev–Trinajstić information content (AvgIpc) is 3.34. The molecule has 4 aromatic rings. The molecule has 2 aromatic heterocycles. The summed E-state index contributed by atoms with van der Waals surface area (Å²) in [7, 11) is 0. The Kier molecular flexibility index (Phi) is 4.53. The van der Waals surface area contributed by atoms with Crippen LogP contribution in [-0.2, 0) is 24.2 Å². The van der Waals surface area contributed by atoms with E-state index in [1.165, 1.54) is 16.6 Å². The number of H-pyrrole nitrogens is 1. The number of amides is 1. The topological polar surface area (TPSA) is 49.0 Å². The highest BCUT2D eigenvalue weighted by molar-refractivity contribution is 9.10. The SMILES string of the molecule is O=C(Cc1csc(-c2ccccc2)n1)N1CCc2[nH]c3c(Br)cccc3c2C1. The Hall–Kier alpha value is -2.44. The molecule has 0 saturated carbocycles. The molecule has 2 aromatic carbocycles. The summed E-state index contributed by atoms with van der Waals surface area (Å²) < 4.78 is 1.06. The minimum atomic E-state index is 0.139. The highest BCUT2D eigenvalue weighted by Gasteiger charge is 2.25. The number of aromatic amines is 1. The summed E-state index contributed by atoms with van der Waals surface area (Å²) in [5.41, 5.74) is 5.54. The zero-order chi connectivity index (χ0) is 19.1. The number of hydrogen-bond acceptors (Lipinski definition) is 3. The Morgan fingerprint density at radius 3 is 2.89 bits per heavy atom. The van der Waals surface area contributed by atoms with Crippen molar-refractivity contribution in [2.45, 2.75) is 19.4 Å². The number of aromatic nitrogens is 2. The molecule has 0 spiro atoms. The van der Waals surface area contributed by atoms with Crippen LogP contribution in [-0.4, -0.2) is 27.3 Å². The molecule has 1 aliphatic rings. The van der Waals surface area contributed by atoms with Gasteiger partial charge in [0.25, 0.3) is 0 Å². The first-order valence-corrected chi connectivity index (χ1v) is 10.9.